The minimum Gasteiger partial charge on any atom is -0.247 e. The number of para-hydroxylation sites is 1. The fourth-order valence-electron chi connectivity index (χ4n) is 7.13. The number of aromatic nitrogens is 1. The van der Waals surface area contributed by atoms with Gasteiger partial charge in [-0.3, -0.25) is 0 Å². The zero-order valence-electron chi connectivity index (χ0n) is 26.1. The first-order chi connectivity index (χ1) is 23.2. The molecule has 0 aliphatic heterocycles. The first-order valence-electron chi connectivity index (χ1n) is 16.2. The molecule has 47 heavy (non-hydrogen) atoms. The van der Waals surface area contributed by atoms with Crippen molar-refractivity contribution >= 4 is 43.2 Å². The van der Waals surface area contributed by atoms with Crippen LogP contribution in [0.1, 0.15) is 5.56 Å². The van der Waals surface area contributed by atoms with E-state index in [4.69, 9.17) is 4.98 Å². The van der Waals surface area contributed by atoms with Crippen LogP contribution in [0.15, 0.2) is 170 Å². The van der Waals surface area contributed by atoms with Gasteiger partial charge in [0.15, 0.2) is 0 Å². The lowest BCUT2D eigenvalue weighted by molar-refractivity contribution is 1.43. The Labute approximate surface area is 274 Å². The molecule has 9 rings (SSSR count). The average Bonchev–Trinajstić information content (AvgIpc) is 3.13. The van der Waals surface area contributed by atoms with Gasteiger partial charge in [0.05, 0.1) is 11.2 Å². The fraction of sp³-hybridized carbons (Fsp3) is 0.0217. The molecule has 0 fully saturated rings. The van der Waals surface area contributed by atoms with Gasteiger partial charge in [-0.15, -0.1) is 0 Å². The second-order valence-corrected chi connectivity index (χ2v) is 12.5. The van der Waals surface area contributed by atoms with Crippen molar-refractivity contribution < 1.29 is 0 Å². The molecule has 1 heteroatoms. The van der Waals surface area contributed by atoms with Crippen molar-refractivity contribution in [3.8, 4) is 44.6 Å². The molecule has 0 aliphatic carbocycles. The van der Waals surface area contributed by atoms with Gasteiger partial charge in [-0.1, -0.05) is 146 Å². The number of pyridine rings is 1. The lowest BCUT2D eigenvalue weighted by Gasteiger charge is -2.12. The Morgan fingerprint density at radius 1 is 0.340 bits per heavy atom. The van der Waals surface area contributed by atoms with E-state index >= 15 is 0 Å². The van der Waals surface area contributed by atoms with Crippen LogP contribution in [0.3, 0.4) is 0 Å². The van der Waals surface area contributed by atoms with Gasteiger partial charge in [0.2, 0.25) is 0 Å². The first kappa shape index (κ1) is 27.3. The highest BCUT2D eigenvalue weighted by molar-refractivity contribution is 6.11. The Kier molecular flexibility index (Phi) is 6.43. The van der Waals surface area contributed by atoms with Crippen LogP contribution < -0.4 is 0 Å². The Hall–Kier alpha value is -6.05. The van der Waals surface area contributed by atoms with Crippen LogP contribution in [0.5, 0.6) is 0 Å². The maximum Gasteiger partial charge on any atom is 0.0788 e. The van der Waals surface area contributed by atoms with E-state index in [1.165, 1.54) is 76.6 Å². The molecule has 1 heterocycles. The molecule has 0 saturated carbocycles. The topological polar surface area (TPSA) is 12.9 Å². The zero-order chi connectivity index (χ0) is 31.3. The van der Waals surface area contributed by atoms with E-state index in [1.54, 1.807) is 0 Å². The highest BCUT2D eigenvalue weighted by Gasteiger charge is 2.12. The SMILES string of the molecule is Cc1cc(-c2ccc(-c3cccc4ccccc34)cc2)cc(-c2ccc3cc(-c4nc5ccccc5c5ccccc45)ccc3c2)c1. The molecule has 1 aromatic heterocycles. The molecule has 0 saturated heterocycles. The van der Waals surface area contributed by atoms with Crippen molar-refractivity contribution in [3.63, 3.8) is 0 Å². The van der Waals surface area contributed by atoms with Crippen LogP contribution in [-0.4, -0.2) is 4.98 Å². The number of hydrogen-bond donors (Lipinski definition) is 0. The third-order valence-electron chi connectivity index (χ3n) is 9.45. The van der Waals surface area contributed by atoms with E-state index in [2.05, 4.69) is 177 Å². The quantitative estimate of drug-likeness (QED) is 0.184. The molecule has 0 spiro atoms. The van der Waals surface area contributed by atoms with E-state index in [1.807, 2.05) is 0 Å². The van der Waals surface area contributed by atoms with E-state index < -0.39 is 0 Å². The van der Waals surface area contributed by atoms with Gasteiger partial charge in [0, 0.05) is 16.3 Å². The summed E-state index contributed by atoms with van der Waals surface area (Å²) in [5.41, 5.74) is 11.8. The van der Waals surface area contributed by atoms with Crippen molar-refractivity contribution in [3.05, 3.63) is 175 Å². The predicted molar refractivity (Wildman–Crippen MR) is 201 cm³/mol. The summed E-state index contributed by atoms with van der Waals surface area (Å²) in [7, 11) is 0. The van der Waals surface area contributed by atoms with Gasteiger partial charge >= 0.3 is 0 Å². The monoisotopic (exact) mass is 597 g/mol. The minimum absolute atomic E-state index is 1.02. The molecule has 0 N–H and O–H groups in total. The molecule has 8 aromatic carbocycles. The highest BCUT2D eigenvalue weighted by atomic mass is 14.7. The lowest BCUT2D eigenvalue weighted by atomic mass is 9.93. The van der Waals surface area contributed by atoms with Crippen LogP contribution in [0.25, 0.3) is 87.9 Å². The molecule has 9 aromatic rings. The predicted octanol–water partition coefficient (Wildman–Crippen LogP) is 12.7. The number of aryl methyl sites for hydroxylation is 1. The molecule has 0 radical (unpaired) electrons. The van der Waals surface area contributed by atoms with Gasteiger partial charge in [-0.2, -0.15) is 0 Å². The minimum atomic E-state index is 1.02. The summed E-state index contributed by atoms with van der Waals surface area (Å²) in [5.74, 6) is 0. The number of nitrogens with zero attached hydrogens (tertiary/aromatic N) is 1. The van der Waals surface area contributed by atoms with Gasteiger partial charge in [0.1, 0.15) is 0 Å². The van der Waals surface area contributed by atoms with Crippen LogP contribution >= 0.6 is 0 Å². The van der Waals surface area contributed by atoms with Crippen LogP contribution in [0, 0.1) is 6.92 Å². The van der Waals surface area contributed by atoms with Crippen molar-refractivity contribution in [1.29, 1.82) is 0 Å². The van der Waals surface area contributed by atoms with E-state index in [0.717, 1.165) is 16.8 Å². The molecular weight excluding hydrogens is 567 g/mol. The number of rotatable bonds is 4. The Morgan fingerprint density at radius 2 is 0.915 bits per heavy atom. The molecule has 0 unspecified atom stereocenters. The lowest BCUT2D eigenvalue weighted by Crippen LogP contribution is -1.90. The van der Waals surface area contributed by atoms with E-state index in [-0.39, 0.29) is 0 Å². The Morgan fingerprint density at radius 3 is 1.72 bits per heavy atom. The fourth-order valence-corrected chi connectivity index (χ4v) is 7.13. The van der Waals surface area contributed by atoms with Gasteiger partial charge < -0.3 is 0 Å². The summed E-state index contributed by atoms with van der Waals surface area (Å²) >= 11 is 0. The van der Waals surface area contributed by atoms with Crippen LogP contribution in [0.2, 0.25) is 0 Å². The Bertz CT molecular complexity index is 2620. The largest absolute Gasteiger partial charge is 0.247 e. The van der Waals surface area contributed by atoms with Crippen LogP contribution in [-0.2, 0) is 0 Å². The van der Waals surface area contributed by atoms with Crippen molar-refractivity contribution in [2.75, 3.05) is 0 Å². The number of fused-ring (bicyclic) bond motifs is 5. The van der Waals surface area contributed by atoms with E-state index in [9.17, 15) is 0 Å². The first-order valence-corrected chi connectivity index (χ1v) is 16.2. The van der Waals surface area contributed by atoms with Crippen molar-refractivity contribution in [1.82, 2.24) is 4.98 Å². The average molecular weight is 598 g/mol. The summed E-state index contributed by atoms with van der Waals surface area (Å²) < 4.78 is 0. The summed E-state index contributed by atoms with van der Waals surface area (Å²) in [4.78, 5) is 5.13. The molecule has 220 valence electrons. The second kappa shape index (κ2) is 11.1. The second-order valence-electron chi connectivity index (χ2n) is 12.5. The molecule has 0 atom stereocenters. The third kappa shape index (κ3) is 4.85. The number of hydrogen-bond acceptors (Lipinski definition) is 1. The van der Waals surface area contributed by atoms with E-state index in [0.29, 0.717) is 0 Å². The third-order valence-corrected chi connectivity index (χ3v) is 9.45. The zero-order valence-corrected chi connectivity index (χ0v) is 26.1. The summed E-state index contributed by atoms with van der Waals surface area (Å²) in [5, 5.41) is 8.59. The smallest absolute Gasteiger partial charge is 0.0788 e. The molecule has 0 bridgehead atoms. The van der Waals surface area contributed by atoms with Crippen molar-refractivity contribution in [2.24, 2.45) is 0 Å². The molecule has 1 nitrogen and oxygen atoms in total. The Balaban J connectivity index is 1.07. The van der Waals surface area contributed by atoms with Gasteiger partial charge in [-0.05, 0) is 97.1 Å². The molecular formula is C46H31N. The van der Waals surface area contributed by atoms with Crippen molar-refractivity contribution in [2.45, 2.75) is 6.92 Å². The normalized spacial score (nSPS) is 11.5. The summed E-state index contributed by atoms with van der Waals surface area (Å²) in [6.07, 6.45) is 0. The van der Waals surface area contributed by atoms with Gasteiger partial charge in [-0.25, -0.2) is 4.98 Å². The van der Waals surface area contributed by atoms with Crippen LogP contribution in [0.4, 0.5) is 0 Å². The number of benzene rings is 8. The summed E-state index contributed by atoms with van der Waals surface area (Å²) in [6, 6.07) is 61.6. The maximum absolute atomic E-state index is 5.13. The summed E-state index contributed by atoms with van der Waals surface area (Å²) in [6.45, 7) is 2.19. The molecule has 0 aliphatic rings. The molecule has 0 amide bonds. The van der Waals surface area contributed by atoms with Gasteiger partial charge in [0.25, 0.3) is 0 Å². The highest BCUT2D eigenvalue weighted by Crippen LogP contribution is 2.36. The maximum atomic E-state index is 5.13. The standard InChI is InChI=1S/C46H31N/c1-30-25-38(31-17-19-33(20-18-31)41-15-8-10-32-9-2-3-11-40(32)41)29-39(26-30)36-22-21-35-28-37(24-23-34(35)27-36)46-44-14-5-4-12-42(44)43-13-6-7-16-45(43)47-46/h2-29H,1H3.